The first-order chi connectivity index (χ1) is 15.5. The molecule has 1 aromatic heterocycles. The Kier molecular flexibility index (Phi) is 7.51. The summed E-state index contributed by atoms with van der Waals surface area (Å²) in [5.74, 6) is -0.0193. The van der Waals surface area contributed by atoms with Crippen molar-refractivity contribution in [3.8, 4) is 0 Å². The Balaban J connectivity index is 1.24. The fourth-order valence-electron chi connectivity index (χ4n) is 3.21. The van der Waals surface area contributed by atoms with Crippen LogP contribution in [-0.2, 0) is 4.79 Å². The lowest BCUT2D eigenvalue weighted by Crippen LogP contribution is -2.49. The first-order valence-electron chi connectivity index (χ1n) is 9.80. The Bertz CT molecular complexity index is 1100. The van der Waals surface area contributed by atoms with Gasteiger partial charge in [-0.15, -0.1) is 10.2 Å². The van der Waals surface area contributed by atoms with Gasteiger partial charge in [0.25, 0.3) is 5.91 Å². The van der Waals surface area contributed by atoms with Crippen molar-refractivity contribution in [1.82, 2.24) is 15.1 Å². The van der Waals surface area contributed by atoms with E-state index in [0.29, 0.717) is 38.2 Å². The van der Waals surface area contributed by atoms with Gasteiger partial charge in [0.2, 0.25) is 11.0 Å². The minimum Gasteiger partial charge on any atom is -0.368 e. The van der Waals surface area contributed by atoms with E-state index < -0.39 is 0 Å². The van der Waals surface area contributed by atoms with Gasteiger partial charge in [-0.1, -0.05) is 58.4 Å². The standard InChI is InChI=1S/C21H19Cl2N5O2S2/c22-14-5-7-15(8-6-14)27-9-11-28(12-10-27)18(29)13-31-21-26-25-20(32-21)24-19(30)16-3-1-2-4-17(16)23/h1-8H,9-13H2,(H,24,25,30). The van der Waals surface area contributed by atoms with Crippen LogP contribution < -0.4 is 10.2 Å². The minimum absolute atomic E-state index is 0.0580. The van der Waals surface area contributed by atoms with Crippen LogP contribution in [0.3, 0.4) is 0 Å². The summed E-state index contributed by atoms with van der Waals surface area (Å²) in [5.41, 5.74) is 1.47. The van der Waals surface area contributed by atoms with E-state index in [2.05, 4.69) is 20.4 Å². The van der Waals surface area contributed by atoms with Crippen molar-refractivity contribution < 1.29 is 9.59 Å². The number of nitrogens with zero attached hydrogens (tertiary/aromatic N) is 4. The highest BCUT2D eigenvalue weighted by molar-refractivity contribution is 8.01. The Morgan fingerprint density at radius 3 is 2.44 bits per heavy atom. The van der Waals surface area contributed by atoms with Crippen molar-refractivity contribution in [2.75, 3.05) is 42.1 Å². The largest absolute Gasteiger partial charge is 0.368 e. The maximum Gasteiger partial charge on any atom is 0.259 e. The molecule has 1 N–H and O–H groups in total. The molecule has 11 heteroatoms. The molecule has 3 aromatic rings. The topological polar surface area (TPSA) is 78.4 Å². The summed E-state index contributed by atoms with van der Waals surface area (Å²) in [7, 11) is 0. The van der Waals surface area contributed by atoms with Crippen molar-refractivity contribution >= 4 is 68.9 Å². The van der Waals surface area contributed by atoms with Crippen LogP contribution in [0.1, 0.15) is 10.4 Å². The number of amides is 2. The summed E-state index contributed by atoms with van der Waals surface area (Å²) >= 11 is 14.5. The fourth-order valence-corrected chi connectivity index (χ4v) is 5.21. The molecule has 4 rings (SSSR count). The number of hydrogen-bond donors (Lipinski definition) is 1. The molecule has 0 atom stereocenters. The number of hydrogen-bond acceptors (Lipinski definition) is 7. The molecule has 1 fully saturated rings. The van der Waals surface area contributed by atoms with Gasteiger partial charge in [-0.3, -0.25) is 14.9 Å². The zero-order valence-electron chi connectivity index (χ0n) is 16.8. The summed E-state index contributed by atoms with van der Waals surface area (Å²) in [5, 5.41) is 12.2. The van der Waals surface area contributed by atoms with E-state index in [1.54, 1.807) is 24.3 Å². The highest BCUT2D eigenvalue weighted by Gasteiger charge is 2.22. The lowest BCUT2D eigenvalue weighted by atomic mass is 10.2. The van der Waals surface area contributed by atoms with Gasteiger partial charge < -0.3 is 9.80 Å². The number of carbonyl (C=O) groups excluding carboxylic acids is 2. The lowest BCUT2D eigenvalue weighted by Gasteiger charge is -2.36. The third-order valence-electron chi connectivity index (χ3n) is 4.89. The smallest absolute Gasteiger partial charge is 0.259 e. The summed E-state index contributed by atoms with van der Waals surface area (Å²) in [4.78, 5) is 29.0. The molecule has 2 aromatic carbocycles. The Morgan fingerprint density at radius 2 is 1.72 bits per heavy atom. The van der Waals surface area contributed by atoms with E-state index in [9.17, 15) is 9.59 Å². The Labute approximate surface area is 203 Å². The molecule has 2 amide bonds. The fraction of sp³-hybridized carbons (Fsp3) is 0.238. The van der Waals surface area contributed by atoms with E-state index in [-0.39, 0.29) is 17.6 Å². The molecule has 1 aliphatic rings. The third kappa shape index (κ3) is 5.72. The van der Waals surface area contributed by atoms with Crippen LogP contribution in [0.4, 0.5) is 10.8 Å². The number of aromatic nitrogens is 2. The molecule has 0 unspecified atom stereocenters. The van der Waals surface area contributed by atoms with Gasteiger partial charge in [0, 0.05) is 36.9 Å². The number of halogens is 2. The van der Waals surface area contributed by atoms with Crippen molar-refractivity contribution in [2.45, 2.75) is 4.34 Å². The van der Waals surface area contributed by atoms with Crippen LogP contribution in [0.15, 0.2) is 52.9 Å². The lowest BCUT2D eigenvalue weighted by molar-refractivity contribution is -0.128. The number of nitrogens with one attached hydrogen (secondary N) is 1. The monoisotopic (exact) mass is 507 g/mol. The van der Waals surface area contributed by atoms with Gasteiger partial charge in [-0.05, 0) is 36.4 Å². The van der Waals surface area contributed by atoms with Crippen LogP contribution >= 0.6 is 46.3 Å². The van der Waals surface area contributed by atoms with Gasteiger partial charge in [-0.2, -0.15) is 0 Å². The van der Waals surface area contributed by atoms with Crippen molar-refractivity contribution in [1.29, 1.82) is 0 Å². The predicted molar refractivity (Wildman–Crippen MR) is 130 cm³/mol. The number of carbonyl (C=O) groups is 2. The number of thioether (sulfide) groups is 1. The molecule has 1 aliphatic heterocycles. The molecule has 0 aliphatic carbocycles. The quantitative estimate of drug-likeness (QED) is 0.389. The second-order valence-electron chi connectivity index (χ2n) is 6.94. The maximum atomic E-state index is 12.6. The van der Waals surface area contributed by atoms with Crippen molar-refractivity contribution in [3.05, 3.63) is 64.1 Å². The van der Waals surface area contributed by atoms with Crippen LogP contribution in [0.5, 0.6) is 0 Å². The normalized spacial score (nSPS) is 13.8. The zero-order chi connectivity index (χ0) is 22.5. The number of benzene rings is 2. The molecule has 7 nitrogen and oxygen atoms in total. The summed E-state index contributed by atoms with van der Waals surface area (Å²) in [6.07, 6.45) is 0. The average molecular weight is 508 g/mol. The predicted octanol–water partition coefficient (Wildman–Crippen LogP) is 4.54. The first kappa shape index (κ1) is 22.8. The van der Waals surface area contributed by atoms with Gasteiger partial charge in [0.1, 0.15) is 0 Å². The molecule has 0 saturated carbocycles. The van der Waals surface area contributed by atoms with Crippen LogP contribution in [0, 0.1) is 0 Å². The minimum atomic E-state index is -0.349. The van der Waals surface area contributed by atoms with E-state index in [1.165, 1.54) is 23.1 Å². The van der Waals surface area contributed by atoms with Gasteiger partial charge in [0.05, 0.1) is 16.3 Å². The van der Waals surface area contributed by atoms with E-state index in [1.807, 2.05) is 29.2 Å². The van der Waals surface area contributed by atoms with Crippen molar-refractivity contribution in [3.63, 3.8) is 0 Å². The summed E-state index contributed by atoms with van der Waals surface area (Å²) in [6.45, 7) is 2.87. The van der Waals surface area contributed by atoms with Gasteiger partial charge >= 0.3 is 0 Å². The molecule has 0 spiro atoms. The number of piperazine rings is 1. The van der Waals surface area contributed by atoms with E-state index in [4.69, 9.17) is 23.2 Å². The maximum absolute atomic E-state index is 12.6. The average Bonchev–Trinajstić information content (AvgIpc) is 3.25. The molecule has 166 valence electrons. The molecule has 32 heavy (non-hydrogen) atoms. The second kappa shape index (κ2) is 10.5. The highest BCUT2D eigenvalue weighted by atomic mass is 35.5. The van der Waals surface area contributed by atoms with Crippen LogP contribution in [-0.4, -0.2) is 58.8 Å². The van der Waals surface area contributed by atoms with Gasteiger partial charge in [0.15, 0.2) is 4.34 Å². The molecular weight excluding hydrogens is 489 g/mol. The summed E-state index contributed by atoms with van der Waals surface area (Å²) < 4.78 is 0.618. The molecular formula is C21H19Cl2N5O2S2. The van der Waals surface area contributed by atoms with Crippen molar-refractivity contribution in [2.24, 2.45) is 0 Å². The van der Waals surface area contributed by atoms with Crippen LogP contribution in [0.25, 0.3) is 0 Å². The molecule has 0 bridgehead atoms. The highest BCUT2D eigenvalue weighted by Crippen LogP contribution is 2.27. The number of anilines is 2. The molecule has 1 saturated heterocycles. The van der Waals surface area contributed by atoms with Crippen LogP contribution in [0.2, 0.25) is 10.0 Å². The summed E-state index contributed by atoms with van der Waals surface area (Å²) in [6, 6.07) is 14.5. The zero-order valence-corrected chi connectivity index (χ0v) is 20.0. The number of rotatable bonds is 6. The SMILES string of the molecule is O=C(Nc1nnc(SCC(=O)N2CCN(c3ccc(Cl)cc3)CC2)s1)c1ccccc1Cl. The van der Waals surface area contributed by atoms with E-state index >= 15 is 0 Å². The second-order valence-corrected chi connectivity index (χ2v) is 9.98. The third-order valence-corrected chi connectivity index (χ3v) is 7.43. The molecule has 0 radical (unpaired) electrons. The van der Waals surface area contributed by atoms with E-state index in [0.717, 1.165) is 18.8 Å². The first-order valence-corrected chi connectivity index (χ1v) is 12.4. The Hall–Kier alpha value is -2.33. The Morgan fingerprint density at radius 1 is 1.00 bits per heavy atom. The van der Waals surface area contributed by atoms with Gasteiger partial charge in [-0.25, -0.2) is 0 Å². The molecule has 2 heterocycles.